The van der Waals surface area contributed by atoms with Crippen LogP contribution in [0.3, 0.4) is 0 Å². The maximum Gasteiger partial charge on any atom is 0.0740 e. The molecule has 0 bridgehead atoms. The summed E-state index contributed by atoms with van der Waals surface area (Å²) in [7, 11) is 2.89. The van der Waals surface area contributed by atoms with Gasteiger partial charge in [-0.2, -0.15) is 5.26 Å². The topological polar surface area (TPSA) is 23.8 Å². The minimum atomic E-state index is -0.166. The SMILES string of the molecule is CCCCC(CCCC)C(P)(C#N)CCCC. The number of unbranched alkanes of at least 4 members (excludes halogenated alkanes) is 3. The van der Waals surface area contributed by atoms with Gasteiger partial charge in [0.1, 0.15) is 0 Å². The maximum absolute atomic E-state index is 9.51. The molecule has 0 saturated carbocycles. The van der Waals surface area contributed by atoms with E-state index >= 15 is 0 Å². The first-order valence-electron chi connectivity index (χ1n) is 7.34. The van der Waals surface area contributed by atoms with Crippen LogP contribution in [0.1, 0.15) is 78.6 Å². The fourth-order valence-electron chi connectivity index (χ4n) is 2.38. The van der Waals surface area contributed by atoms with Gasteiger partial charge in [-0.3, -0.25) is 0 Å². The molecule has 1 nitrogen and oxygen atoms in total. The first-order valence-corrected chi connectivity index (χ1v) is 7.92. The van der Waals surface area contributed by atoms with Gasteiger partial charge >= 0.3 is 0 Å². The quantitative estimate of drug-likeness (QED) is 0.485. The standard InChI is InChI=1S/C15H30NP/c1-4-7-10-14(11-8-5-2)15(17,13-16)12-9-6-3/h14H,4-12,17H2,1-3H3. The second kappa shape index (κ2) is 9.90. The highest BCUT2D eigenvalue weighted by molar-refractivity contribution is 7.19. The molecule has 0 aliphatic heterocycles. The van der Waals surface area contributed by atoms with Crippen molar-refractivity contribution >= 4 is 9.24 Å². The van der Waals surface area contributed by atoms with Gasteiger partial charge in [0, 0.05) is 0 Å². The Bertz CT molecular complexity index is 213. The lowest BCUT2D eigenvalue weighted by Crippen LogP contribution is -2.30. The van der Waals surface area contributed by atoms with Crippen molar-refractivity contribution < 1.29 is 0 Å². The lowest BCUT2D eigenvalue weighted by atomic mass is 9.81. The lowest BCUT2D eigenvalue weighted by Gasteiger charge is -2.32. The Morgan fingerprint density at radius 2 is 1.47 bits per heavy atom. The van der Waals surface area contributed by atoms with E-state index in [0.29, 0.717) is 5.92 Å². The van der Waals surface area contributed by atoms with Crippen molar-refractivity contribution in [2.24, 2.45) is 5.92 Å². The fraction of sp³-hybridized carbons (Fsp3) is 0.933. The Morgan fingerprint density at radius 3 is 1.82 bits per heavy atom. The third-order valence-corrected chi connectivity index (χ3v) is 4.58. The van der Waals surface area contributed by atoms with E-state index in [-0.39, 0.29) is 5.16 Å². The van der Waals surface area contributed by atoms with Crippen molar-refractivity contribution in [1.29, 1.82) is 5.26 Å². The molecule has 0 aliphatic rings. The average molecular weight is 255 g/mol. The van der Waals surface area contributed by atoms with Gasteiger partial charge in [-0.15, -0.1) is 9.24 Å². The molecule has 0 N–H and O–H groups in total. The van der Waals surface area contributed by atoms with E-state index in [2.05, 4.69) is 36.1 Å². The Morgan fingerprint density at radius 1 is 1.00 bits per heavy atom. The molecule has 2 unspecified atom stereocenters. The Labute approximate surface area is 111 Å². The molecule has 0 spiro atoms. The monoisotopic (exact) mass is 255 g/mol. The average Bonchev–Trinajstić information content (AvgIpc) is 2.36. The van der Waals surface area contributed by atoms with Gasteiger partial charge in [-0.25, -0.2) is 0 Å². The normalized spacial score (nSPS) is 14.6. The lowest BCUT2D eigenvalue weighted by molar-refractivity contribution is 0.342. The van der Waals surface area contributed by atoms with Crippen molar-refractivity contribution in [2.75, 3.05) is 0 Å². The van der Waals surface area contributed by atoms with Crippen molar-refractivity contribution in [3.05, 3.63) is 0 Å². The number of hydrogen-bond donors (Lipinski definition) is 0. The predicted octanol–water partition coefficient (Wildman–Crippen LogP) is 5.31. The van der Waals surface area contributed by atoms with E-state index in [4.69, 9.17) is 0 Å². The van der Waals surface area contributed by atoms with Crippen LogP contribution >= 0.6 is 9.24 Å². The summed E-state index contributed by atoms with van der Waals surface area (Å²) in [5.74, 6) is 0.573. The Balaban J connectivity index is 4.51. The smallest absolute Gasteiger partial charge is 0.0740 e. The van der Waals surface area contributed by atoms with E-state index < -0.39 is 0 Å². The van der Waals surface area contributed by atoms with Crippen molar-refractivity contribution in [3.63, 3.8) is 0 Å². The highest BCUT2D eigenvalue weighted by Gasteiger charge is 2.32. The van der Waals surface area contributed by atoms with Crippen molar-refractivity contribution in [1.82, 2.24) is 0 Å². The van der Waals surface area contributed by atoms with Gasteiger partial charge in [0.15, 0.2) is 0 Å². The molecular weight excluding hydrogens is 225 g/mol. The van der Waals surface area contributed by atoms with Gasteiger partial charge in [0.25, 0.3) is 0 Å². The zero-order valence-electron chi connectivity index (χ0n) is 12.0. The minimum absolute atomic E-state index is 0.166. The van der Waals surface area contributed by atoms with Crippen molar-refractivity contribution in [2.45, 2.75) is 83.7 Å². The van der Waals surface area contributed by atoms with Crippen LogP contribution < -0.4 is 0 Å². The highest BCUT2D eigenvalue weighted by Crippen LogP contribution is 2.39. The van der Waals surface area contributed by atoms with Gasteiger partial charge in [0.05, 0.1) is 11.2 Å². The molecule has 2 heteroatoms. The summed E-state index contributed by atoms with van der Waals surface area (Å²) in [4.78, 5) is 0. The molecule has 2 atom stereocenters. The van der Waals surface area contributed by atoms with Crippen LogP contribution in [-0.2, 0) is 0 Å². The summed E-state index contributed by atoms with van der Waals surface area (Å²) >= 11 is 0. The largest absolute Gasteiger partial charge is 0.197 e. The summed E-state index contributed by atoms with van der Waals surface area (Å²) in [6, 6.07) is 2.59. The van der Waals surface area contributed by atoms with E-state index in [0.717, 1.165) is 6.42 Å². The van der Waals surface area contributed by atoms with Gasteiger partial charge in [0.2, 0.25) is 0 Å². The van der Waals surface area contributed by atoms with E-state index in [9.17, 15) is 5.26 Å². The molecule has 0 amide bonds. The zero-order chi connectivity index (χ0) is 13.1. The summed E-state index contributed by atoms with van der Waals surface area (Å²) in [5.41, 5.74) is 0. The zero-order valence-corrected chi connectivity index (χ0v) is 13.1. The highest BCUT2D eigenvalue weighted by atomic mass is 31.0. The summed E-state index contributed by atoms with van der Waals surface area (Å²) in [5, 5.41) is 9.34. The molecule has 0 aromatic carbocycles. The second-order valence-electron chi connectivity index (χ2n) is 5.24. The fourth-order valence-corrected chi connectivity index (χ4v) is 2.92. The Hall–Kier alpha value is -0.0800. The van der Waals surface area contributed by atoms with E-state index in [1.165, 1.54) is 51.4 Å². The van der Waals surface area contributed by atoms with Crippen LogP contribution in [0.4, 0.5) is 0 Å². The third kappa shape index (κ3) is 6.42. The van der Waals surface area contributed by atoms with E-state index in [1.807, 2.05) is 0 Å². The van der Waals surface area contributed by atoms with Crippen LogP contribution in [0.2, 0.25) is 0 Å². The van der Waals surface area contributed by atoms with Crippen LogP contribution in [-0.4, -0.2) is 5.16 Å². The van der Waals surface area contributed by atoms with Gasteiger partial charge in [-0.1, -0.05) is 59.3 Å². The summed E-state index contributed by atoms with van der Waals surface area (Å²) < 4.78 is 0. The molecule has 0 heterocycles. The van der Waals surface area contributed by atoms with Gasteiger partial charge < -0.3 is 0 Å². The molecule has 0 aromatic heterocycles. The number of hydrogen-bond acceptors (Lipinski definition) is 1. The predicted molar refractivity (Wildman–Crippen MR) is 80.1 cm³/mol. The number of nitrogens with zero attached hydrogens (tertiary/aromatic N) is 1. The molecule has 0 rings (SSSR count). The number of nitriles is 1. The number of rotatable bonds is 10. The first kappa shape index (κ1) is 16.9. The molecule has 0 aliphatic carbocycles. The second-order valence-corrected chi connectivity index (χ2v) is 6.27. The molecular formula is C15H30NP. The minimum Gasteiger partial charge on any atom is -0.197 e. The molecule has 0 fully saturated rings. The van der Waals surface area contributed by atoms with E-state index in [1.54, 1.807) is 0 Å². The summed E-state index contributed by atoms with van der Waals surface area (Å²) in [6.07, 6.45) is 10.8. The maximum atomic E-state index is 9.51. The Kier molecular flexibility index (Phi) is 9.85. The van der Waals surface area contributed by atoms with Crippen LogP contribution in [0, 0.1) is 17.2 Å². The van der Waals surface area contributed by atoms with Crippen LogP contribution in [0.25, 0.3) is 0 Å². The summed E-state index contributed by atoms with van der Waals surface area (Å²) in [6.45, 7) is 6.68. The third-order valence-electron chi connectivity index (χ3n) is 3.69. The molecule has 0 saturated heterocycles. The molecule has 17 heavy (non-hydrogen) atoms. The first-order chi connectivity index (χ1) is 8.14. The molecule has 0 aromatic rings. The van der Waals surface area contributed by atoms with Crippen LogP contribution in [0.5, 0.6) is 0 Å². The van der Waals surface area contributed by atoms with Gasteiger partial charge in [-0.05, 0) is 25.2 Å². The van der Waals surface area contributed by atoms with Crippen LogP contribution in [0.15, 0.2) is 0 Å². The van der Waals surface area contributed by atoms with Crippen molar-refractivity contribution in [3.8, 4) is 6.07 Å². The molecule has 100 valence electrons. The molecule has 0 radical (unpaired) electrons.